The molecule has 0 spiro atoms. The standard InChI is InChI=1S/C20H21N3O3S/c1-12(2)20-22-13(3)17(27-20)18(24)23-16-6-5-11-21-19(16)26-15-9-7-14(25-4)8-10-15/h5-12H,1-4H3,(H,23,24). The van der Waals surface area contributed by atoms with Crippen LogP contribution in [0.1, 0.15) is 40.1 Å². The lowest BCUT2D eigenvalue weighted by atomic mass is 10.2. The predicted molar refractivity (Wildman–Crippen MR) is 106 cm³/mol. The Morgan fingerprint density at radius 2 is 1.85 bits per heavy atom. The summed E-state index contributed by atoms with van der Waals surface area (Å²) in [4.78, 5) is 22.0. The maximum atomic E-state index is 12.7. The Hall–Kier alpha value is -2.93. The molecule has 3 rings (SSSR count). The third-order valence-corrected chi connectivity index (χ3v) is 5.26. The van der Waals surface area contributed by atoms with Crippen LogP contribution in [0.25, 0.3) is 0 Å². The summed E-state index contributed by atoms with van der Waals surface area (Å²) in [6.45, 7) is 5.96. The molecule has 140 valence electrons. The number of hydrogen-bond acceptors (Lipinski definition) is 6. The number of aromatic nitrogens is 2. The van der Waals surface area contributed by atoms with Gasteiger partial charge in [-0.25, -0.2) is 9.97 Å². The number of thiazole rings is 1. The normalized spacial score (nSPS) is 10.7. The van der Waals surface area contributed by atoms with Crippen LogP contribution in [0.2, 0.25) is 0 Å². The van der Waals surface area contributed by atoms with Gasteiger partial charge >= 0.3 is 0 Å². The number of aryl methyl sites for hydroxylation is 1. The number of anilines is 1. The molecule has 0 unspecified atom stereocenters. The van der Waals surface area contributed by atoms with Crippen molar-refractivity contribution in [2.24, 2.45) is 0 Å². The van der Waals surface area contributed by atoms with E-state index in [4.69, 9.17) is 9.47 Å². The molecule has 3 aromatic rings. The first-order chi connectivity index (χ1) is 13.0. The van der Waals surface area contributed by atoms with Gasteiger partial charge in [0.15, 0.2) is 0 Å². The molecule has 7 heteroatoms. The smallest absolute Gasteiger partial charge is 0.267 e. The summed E-state index contributed by atoms with van der Waals surface area (Å²) in [5, 5.41) is 3.83. The van der Waals surface area contributed by atoms with E-state index < -0.39 is 0 Å². The molecule has 2 aromatic heterocycles. The first kappa shape index (κ1) is 18.8. The van der Waals surface area contributed by atoms with Crippen LogP contribution in [0.4, 0.5) is 5.69 Å². The Labute approximate surface area is 162 Å². The van der Waals surface area contributed by atoms with Gasteiger partial charge < -0.3 is 14.8 Å². The van der Waals surface area contributed by atoms with Gasteiger partial charge in [0.05, 0.1) is 17.8 Å². The van der Waals surface area contributed by atoms with Crippen molar-refractivity contribution in [2.75, 3.05) is 12.4 Å². The third-order valence-electron chi connectivity index (χ3n) is 3.81. The van der Waals surface area contributed by atoms with E-state index in [9.17, 15) is 4.79 Å². The number of ether oxygens (including phenoxy) is 2. The zero-order valence-corrected chi connectivity index (χ0v) is 16.5. The molecule has 0 aliphatic rings. The van der Waals surface area contributed by atoms with E-state index in [0.717, 1.165) is 16.5 Å². The lowest BCUT2D eigenvalue weighted by Gasteiger charge is -2.11. The minimum Gasteiger partial charge on any atom is -0.497 e. The lowest BCUT2D eigenvalue weighted by molar-refractivity contribution is 0.102. The fourth-order valence-electron chi connectivity index (χ4n) is 2.38. The fourth-order valence-corrected chi connectivity index (χ4v) is 3.34. The number of carbonyl (C=O) groups excluding carboxylic acids is 1. The first-order valence-electron chi connectivity index (χ1n) is 8.53. The van der Waals surface area contributed by atoms with E-state index in [2.05, 4.69) is 29.1 Å². The molecule has 27 heavy (non-hydrogen) atoms. The van der Waals surface area contributed by atoms with Gasteiger partial charge in [0, 0.05) is 12.1 Å². The highest BCUT2D eigenvalue weighted by atomic mass is 32.1. The van der Waals surface area contributed by atoms with Crippen molar-refractivity contribution in [2.45, 2.75) is 26.7 Å². The van der Waals surface area contributed by atoms with Gasteiger partial charge in [-0.1, -0.05) is 13.8 Å². The summed E-state index contributed by atoms with van der Waals surface area (Å²) in [6, 6.07) is 10.6. The first-order valence-corrected chi connectivity index (χ1v) is 9.35. The van der Waals surface area contributed by atoms with E-state index in [1.807, 2.05) is 6.92 Å². The molecule has 0 aliphatic heterocycles. The molecular weight excluding hydrogens is 362 g/mol. The largest absolute Gasteiger partial charge is 0.497 e. The molecule has 0 saturated heterocycles. The summed E-state index contributed by atoms with van der Waals surface area (Å²) in [7, 11) is 1.61. The minimum atomic E-state index is -0.218. The highest BCUT2D eigenvalue weighted by molar-refractivity contribution is 7.14. The zero-order chi connectivity index (χ0) is 19.4. The van der Waals surface area contributed by atoms with E-state index in [1.165, 1.54) is 11.3 Å². The van der Waals surface area contributed by atoms with Gasteiger partial charge in [0.1, 0.15) is 22.1 Å². The van der Waals surface area contributed by atoms with Gasteiger partial charge in [-0.2, -0.15) is 0 Å². The summed E-state index contributed by atoms with van der Waals surface area (Å²) in [5.74, 6) is 1.72. The second kappa shape index (κ2) is 8.18. The monoisotopic (exact) mass is 383 g/mol. The van der Waals surface area contributed by atoms with Crippen LogP contribution >= 0.6 is 11.3 Å². The van der Waals surface area contributed by atoms with E-state index >= 15 is 0 Å². The number of methoxy groups -OCH3 is 1. The molecule has 2 heterocycles. The third kappa shape index (κ3) is 4.43. The molecule has 6 nitrogen and oxygen atoms in total. The Kier molecular flexibility index (Phi) is 5.71. The van der Waals surface area contributed by atoms with Gasteiger partial charge in [0.25, 0.3) is 5.91 Å². The van der Waals surface area contributed by atoms with Crippen molar-refractivity contribution in [1.82, 2.24) is 9.97 Å². The Morgan fingerprint density at radius 1 is 1.15 bits per heavy atom. The minimum absolute atomic E-state index is 0.218. The average molecular weight is 383 g/mol. The molecule has 0 saturated carbocycles. The zero-order valence-electron chi connectivity index (χ0n) is 15.6. The van der Waals surface area contributed by atoms with E-state index in [1.54, 1.807) is 49.7 Å². The molecule has 0 radical (unpaired) electrons. The van der Waals surface area contributed by atoms with Crippen LogP contribution in [-0.2, 0) is 0 Å². The summed E-state index contributed by atoms with van der Waals surface area (Å²) in [6.07, 6.45) is 1.61. The molecule has 1 N–H and O–H groups in total. The highest BCUT2D eigenvalue weighted by Crippen LogP contribution is 2.30. The van der Waals surface area contributed by atoms with Crippen molar-refractivity contribution in [3.63, 3.8) is 0 Å². The number of pyridine rings is 1. The van der Waals surface area contributed by atoms with Gasteiger partial charge in [-0.3, -0.25) is 4.79 Å². The van der Waals surface area contributed by atoms with Crippen LogP contribution in [0.15, 0.2) is 42.6 Å². The summed E-state index contributed by atoms with van der Waals surface area (Å²) >= 11 is 1.41. The SMILES string of the molecule is COc1ccc(Oc2ncccc2NC(=O)c2sc(C(C)C)nc2C)cc1. The van der Waals surface area contributed by atoms with Crippen molar-refractivity contribution >= 4 is 22.9 Å². The number of amides is 1. The van der Waals surface area contributed by atoms with Crippen molar-refractivity contribution in [1.29, 1.82) is 0 Å². The van der Waals surface area contributed by atoms with E-state index in [0.29, 0.717) is 22.2 Å². The van der Waals surface area contributed by atoms with Crippen molar-refractivity contribution < 1.29 is 14.3 Å². The van der Waals surface area contributed by atoms with Crippen LogP contribution < -0.4 is 14.8 Å². The Balaban J connectivity index is 1.80. The molecule has 0 aliphatic carbocycles. The summed E-state index contributed by atoms with van der Waals surface area (Å²) in [5.41, 5.74) is 1.22. The van der Waals surface area contributed by atoms with Crippen LogP contribution in [0.3, 0.4) is 0 Å². The maximum absolute atomic E-state index is 12.7. The van der Waals surface area contributed by atoms with Crippen molar-refractivity contribution in [3.8, 4) is 17.4 Å². The summed E-state index contributed by atoms with van der Waals surface area (Å²) < 4.78 is 11.0. The lowest BCUT2D eigenvalue weighted by Crippen LogP contribution is -2.12. The number of rotatable bonds is 6. The highest BCUT2D eigenvalue weighted by Gasteiger charge is 2.18. The number of benzene rings is 1. The quantitative estimate of drug-likeness (QED) is 0.647. The van der Waals surface area contributed by atoms with E-state index in [-0.39, 0.29) is 11.8 Å². The maximum Gasteiger partial charge on any atom is 0.267 e. The van der Waals surface area contributed by atoms with Gasteiger partial charge in [-0.05, 0) is 43.3 Å². The molecule has 1 amide bonds. The predicted octanol–water partition coefficient (Wildman–Crippen LogP) is 5.02. The van der Waals surface area contributed by atoms with Crippen LogP contribution in [0, 0.1) is 6.92 Å². The molecule has 1 aromatic carbocycles. The Morgan fingerprint density at radius 3 is 2.48 bits per heavy atom. The molecular formula is C20H21N3O3S. The second-order valence-electron chi connectivity index (χ2n) is 6.21. The number of carbonyl (C=O) groups is 1. The van der Waals surface area contributed by atoms with Crippen molar-refractivity contribution in [3.05, 3.63) is 58.2 Å². The number of hydrogen-bond donors (Lipinski definition) is 1. The second-order valence-corrected chi connectivity index (χ2v) is 7.24. The van der Waals surface area contributed by atoms with Gasteiger partial charge in [-0.15, -0.1) is 11.3 Å². The fraction of sp³-hybridized carbons (Fsp3) is 0.250. The van der Waals surface area contributed by atoms with Crippen LogP contribution in [0.5, 0.6) is 17.4 Å². The average Bonchev–Trinajstić information content (AvgIpc) is 3.06. The number of nitrogens with zero attached hydrogens (tertiary/aromatic N) is 2. The molecule has 0 bridgehead atoms. The molecule has 0 atom stereocenters. The Bertz CT molecular complexity index is 936. The molecule has 0 fully saturated rings. The number of nitrogens with one attached hydrogen (secondary N) is 1. The topological polar surface area (TPSA) is 73.3 Å². The van der Waals surface area contributed by atoms with Gasteiger partial charge in [0.2, 0.25) is 5.88 Å². The van der Waals surface area contributed by atoms with Crippen LogP contribution in [-0.4, -0.2) is 23.0 Å².